The molecule has 0 radical (unpaired) electrons. The lowest BCUT2D eigenvalue weighted by Crippen LogP contribution is -2.51. The number of nitrogens with one attached hydrogen (secondary N) is 1. The van der Waals surface area contributed by atoms with E-state index in [2.05, 4.69) is 56.1 Å². The van der Waals surface area contributed by atoms with Gasteiger partial charge in [-0.3, -0.25) is 0 Å². The Kier molecular flexibility index (Phi) is 5.01. The maximum absolute atomic E-state index is 5.65. The summed E-state index contributed by atoms with van der Waals surface area (Å²) in [5.41, 5.74) is 4.03. The number of para-hydroxylation sites is 3. The zero-order valence-electron chi connectivity index (χ0n) is 16.0. The summed E-state index contributed by atoms with van der Waals surface area (Å²) in [5, 5.41) is 4.12. The van der Waals surface area contributed by atoms with Crippen molar-refractivity contribution in [3.63, 3.8) is 0 Å². The number of methoxy groups -OCH3 is 1. The van der Waals surface area contributed by atoms with Gasteiger partial charge in [0.25, 0.3) is 0 Å². The van der Waals surface area contributed by atoms with E-state index in [0.29, 0.717) is 5.11 Å². The third-order valence-corrected chi connectivity index (χ3v) is 5.42. The highest BCUT2D eigenvalue weighted by Gasteiger charge is 2.44. The van der Waals surface area contributed by atoms with E-state index in [4.69, 9.17) is 21.9 Å². The third kappa shape index (κ3) is 2.97. The second-order valence-electron chi connectivity index (χ2n) is 6.77. The first-order valence-corrected chi connectivity index (χ1v) is 9.22. The molecule has 26 heavy (non-hydrogen) atoms. The van der Waals surface area contributed by atoms with Crippen molar-refractivity contribution in [3.05, 3.63) is 53.6 Å². The highest BCUT2D eigenvalue weighted by Crippen LogP contribution is 2.39. The molecule has 2 aromatic rings. The molecule has 0 amide bonds. The van der Waals surface area contributed by atoms with Crippen LogP contribution in [-0.4, -0.2) is 23.6 Å². The normalized spacial score (nSPS) is 19.5. The zero-order valence-corrected chi connectivity index (χ0v) is 16.8. The number of hydrogen-bond donors (Lipinski definition) is 1. The van der Waals surface area contributed by atoms with Gasteiger partial charge in [-0.25, -0.2) is 4.99 Å². The summed E-state index contributed by atoms with van der Waals surface area (Å²) >= 11 is 5.65. The molecule has 0 unspecified atom stereocenters. The summed E-state index contributed by atoms with van der Waals surface area (Å²) in [7, 11) is 1.68. The van der Waals surface area contributed by atoms with Gasteiger partial charge in [0, 0.05) is 5.69 Å². The van der Waals surface area contributed by atoms with E-state index in [9.17, 15) is 0 Å². The largest absolute Gasteiger partial charge is 0.495 e. The lowest BCUT2D eigenvalue weighted by Gasteiger charge is -2.37. The summed E-state index contributed by atoms with van der Waals surface area (Å²) in [6.45, 7) is 8.52. The Morgan fingerprint density at radius 1 is 1.12 bits per heavy atom. The van der Waals surface area contributed by atoms with Gasteiger partial charge in [0.15, 0.2) is 0 Å². The fourth-order valence-corrected chi connectivity index (χ4v) is 3.78. The van der Waals surface area contributed by atoms with Crippen molar-refractivity contribution in [1.29, 1.82) is 0 Å². The van der Waals surface area contributed by atoms with Gasteiger partial charge in [-0.05, 0) is 62.7 Å². The van der Waals surface area contributed by atoms with Crippen LogP contribution in [-0.2, 0) is 0 Å². The molecule has 0 spiro atoms. The Bertz CT molecular complexity index is 857. The second-order valence-corrected chi connectivity index (χ2v) is 7.13. The van der Waals surface area contributed by atoms with Crippen LogP contribution in [0.15, 0.2) is 47.5 Å². The Balaban J connectivity index is 2.04. The molecule has 0 fully saturated rings. The number of rotatable bonds is 4. The van der Waals surface area contributed by atoms with Gasteiger partial charge >= 0.3 is 0 Å². The zero-order chi connectivity index (χ0) is 18.9. The number of hydrogen-bond acceptors (Lipinski definition) is 3. The maximum atomic E-state index is 5.65. The number of aryl methyl sites for hydroxylation is 2. The minimum absolute atomic E-state index is 0.375. The first-order valence-electron chi connectivity index (χ1n) is 8.82. The fraction of sp³-hybridized carbons (Fsp3) is 0.333. The molecule has 0 aliphatic carbocycles. The summed E-state index contributed by atoms with van der Waals surface area (Å²) in [5.74, 6) is 1.66. The van der Waals surface area contributed by atoms with Crippen LogP contribution in [0, 0.1) is 13.8 Å². The van der Waals surface area contributed by atoms with Crippen molar-refractivity contribution in [3.8, 4) is 5.75 Å². The van der Waals surface area contributed by atoms with E-state index in [0.717, 1.165) is 29.4 Å². The number of aliphatic imine (C=N–C) groups is 1. The molecule has 1 aliphatic heterocycles. The molecule has 0 saturated carbocycles. The van der Waals surface area contributed by atoms with Crippen molar-refractivity contribution in [2.45, 2.75) is 39.7 Å². The van der Waals surface area contributed by atoms with Gasteiger partial charge < -0.3 is 15.0 Å². The minimum Gasteiger partial charge on any atom is -0.495 e. The van der Waals surface area contributed by atoms with Crippen LogP contribution in [0.3, 0.4) is 0 Å². The number of thiocarbonyl (C=S) groups is 1. The lowest BCUT2D eigenvalue weighted by molar-refractivity contribution is 0.413. The Labute approximate surface area is 160 Å². The Morgan fingerprint density at radius 3 is 2.38 bits per heavy atom. The molecule has 1 atom stereocenters. The average molecular weight is 368 g/mol. The highest BCUT2D eigenvalue weighted by atomic mass is 32.1. The van der Waals surface area contributed by atoms with Crippen LogP contribution >= 0.6 is 12.2 Å². The fourth-order valence-electron chi connectivity index (χ4n) is 3.38. The summed E-state index contributed by atoms with van der Waals surface area (Å²) in [6, 6.07) is 14.2. The number of amidine groups is 1. The van der Waals surface area contributed by atoms with Gasteiger partial charge in [0.05, 0.1) is 12.8 Å². The minimum atomic E-state index is -0.375. The lowest BCUT2D eigenvalue weighted by atomic mass is 9.94. The average Bonchev–Trinajstić information content (AvgIpc) is 2.88. The quantitative estimate of drug-likeness (QED) is 0.763. The molecule has 3 rings (SSSR count). The van der Waals surface area contributed by atoms with E-state index in [1.54, 1.807) is 7.11 Å². The molecular weight excluding hydrogens is 342 g/mol. The van der Waals surface area contributed by atoms with Crippen LogP contribution in [0.25, 0.3) is 0 Å². The Hall–Kier alpha value is -2.40. The number of nitrogens with zero attached hydrogens (tertiary/aromatic N) is 2. The summed E-state index contributed by atoms with van der Waals surface area (Å²) in [4.78, 5) is 6.82. The van der Waals surface area contributed by atoms with Crippen molar-refractivity contribution in [2.24, 2.45) is 4.99 Å². The molecule has 2 aromatic carbocycles. The second kappa shape index (κ2) is 7.08. The summed E-state index contributed by atoms with van der Waals surface area (Å²) < 4.78 is 5.56. The number of benzene rings is 2. The van der Waals surface area contributed by atoms with Crippen LogP contribution in [0.4, 0.5) is 11.4 Å². The number of ether oxygens (including phenoxy) is 1. The topological polar surface area (TPSA) is 36.9 Å². The van der Waals surface area contributed by atoms with Gasteiger partial charge in [0.2, 0.25) is 5.11 Å². The van der Waals surface area contributed by atoms with E-state index in [1.165, 1.54) is 11.1 Å². The molecular formula is C21H25N3OS. The standard InChI is InChI=1S/C21H25N3OS/c1-6-21(4)19(22-18-14(2)10-9-11-15(18)3)23-20(26)24(21)16-12-7-8-13-17(16)25-5/h7-13H,6H2,1-5H3,(H,22,23,26)/t21-/m1/s1. The molecule has 0 bridgehead atoms. The number of anilines is 2. The smallest absolute Gasteiger partial charge is 0.202 e. The molecule has 1 heterocycles. The van der Waals surface area contributed by atoms with Crippen molar-refractivity contribution in [1.82, 2.24) is 0 Å². The molecule has 0 aromatic heterocycles. The van der Waals surface area contributed by atoms with Gasteiger partial charge in [-0.15, -0.1) is 0 Å². The summed E-state index contributed by atoms with van der Waals surface area (Å²) in [6.07, 6.45) is 0.849. The molecule has 1 aliphatic rings. The van der Waals surface area contributed by atoms with Gasteiger partial charge in [-0.2, -0.15) is 0 Å². The van der Waals surface area contributed by atoms with Crippen LogP contribution in [0.5, 0.6) is 5.75 Å². The van der Waals surface area contributed by atoms with Gasteiger partial charge in [0.1, 0.15) is 17.1 Å². The van der Waals surface area contributed by atoms with Gasteiger partial charge in [-0.1, -0.05) is 37.3 Å². The van der Waals surface area contributed by atoms with Crippen molar-refractivity contribution < 1.29 is 4.74 Å². The van der Waals surface area contributed by atoms with E-state index < -0.39 is 0 Å². The predicted octanol–water partition coefficient (Wildman–Crippen LogP) is 5.10. The Morgan fingerprint density at radius 2 is 1.77 bits per heavy atom. The van der Waals surface area contributed by atoms with E-state index in [1.807, 2.05) is 24.3 Å². The van der Waals surface area contributed by atoms with Crippen molar-refractivity contribution >= 4 is 34.5 Å². The van der Waals surface area contributed by atoms with Crippen molar-refractivity contribution in [2.75, 3.05) is 17.3 Å². The monoisotopic (exact) mass is 367 g/mol. The van der Waals surface area contributed by atoms with Crippen LogP contribution < -0.4 is 15.0 Å². The van der Waals surface area contributed by atoms with E-state index >= 15 is 0 Å². The maximum Gasteiger partial charge on any atom is 0.202 e. The molecule has 4 nitrogen and oxygen atoms in total. The van der Waals surface area contributed by atoms with Crippen LogP contribution in [0.2, 0.25) is 0 Å². The molecule has 136 valence electrons. The highest BCUT2D eigenvalue weighted by molar-refractivity contribution is 7.80. The first-order chi connectivity index (χ1) is 12.4. The molecule has 1 N–H and O–H groups in total. The predicted molar refractivity (Wildman–Crippen MR) is 114 cm³/mol. The molecule has 0 saturated heterocycles. The SMILES string of the molecule is CC[C@]1(C)C(Nc2c(C)cccc2C)=NC(=S)N1c1ccccc1OC. The van der Waals surface area contributed by atoms with E-state index in [-0.39, 0.29) is 5.54 Å². The third-order valence-electron chi connectivity index (χ3n) is 5.14. The first kappa shape index (κ1) is 18.4. The molecule has 5 heteroatoms. The van der Waals surface area contributed by atoms with Crippen LogP contribution in [0.1, 0.15) is 31.4 Å².